The Kier molecular flexibility index (Phi) is 6.28. The zero-order chi connectivity index (χ0) is 28.4. The molecule has 212 valence electrons. The Morgan fingerprint density at radius 3 is 2.51 bits per heavy atom. The zero-order valence-electron chi connectivity index (χ0n) is 24.3. The lowest BCUT2D eigenvalue weighted by molar-refractivity contribution is -0.157. The van der Waals surface area contributed by atoms with E-state index in [9.17, 15) is 14.7 Å². The lowest BCUT2D eigenvalue weighted by atomic mass is 9.46. The molecule has 5 aliphatic rings. The number of carbonyl (C=O) groups excluding carboxylic acids is 2. The van der Waals surface area contributed by atoms with Crippen LogP contribution in [0.2, 0.25) is 0 Å². The number of para-hydroxylation sites is 1. The van der Waals surface area contributed by atoms with Gasteiger partial charge in [-0.25, -0.2) is 0 Å². The molecule has 2 aromatic carbocycles. The van der Waals surface area contributed by atoms with Crippen LogP contribution in [0.25, 0.3) is 6.08 Å². The molecule has 0 unspecified atom stereocenters. The number of hydrogen-bond acceptors (Lipinski definition) is 4. The lowest BCUT2D eigenvalue weighted by Crippen LogP contribution is -2.57. The molecule has 0 amide bonds. The van der Waals surface area contributed by atoms with Crippen molar-refractivity contribution >= 4 is 23.3 Å². The van der Waals surface area contributed by atoms with Gasteiger partial charge in [0.2, 0.25) is 0 Å². The molecule has 1 N–H and O–H groups in total. The summed E-state index contributed by atoms with van der Waals surface area (Å²) in [6.07, 6.45) is 14.7. The van der Waals surface area contributed by atoms with E-state index in [0.717, 1.165) is 55.5 Å². The predicted octanol–water partition coefficient (Wildman–Crippen LogP) is 7.44. The normalized spacial score (nSPS) is 36.7. The van der Waals surface area contributed by atoms with Gasteiger partial charge in [-0.05, 0) is 97.5 Å². The third-order valence-corrected chi connectivity index (χ3v) is 12.0. The van der Waals surface area contributed by atoms with E-state index < -0.39 is 11.0 Å². The van der Waals surface area contributed by atoms with Crippen LogP contribution in [0.5, 0.6) is 0 Å². The number of carbonyl (C=O) groups is 2. The lowest BCUT2D eigenvalue weighted by Gasteiger charge is -2.58. The smallest absolute Gasteiger partial charge is 0.189 e. The third kappa shape index (κ3) is 4.05. The summed E-state index contributed by atoms with van der Waals surface area (Å²) in [5.41, 5.74) is 3.85. The molecule has 1 aliphatic heterocycles. The molecule has 7 rings (SSSR count). The molecule has 4 heteroatoms. The summed E-state index contributed by atoms with van der Waals surface area (Å²) in [6.45, 7) is 5.24. The highest BCUT2D eigenvalue weighted by atomic mass is 16.3. The molecule has 0 bridgehead atoms. The van der Waals surface area contributed by atoms with E-state index in [1.165, 1.54) is 11.1 Å². The highest BCUT2D eigenvalue weighted by Crippen LogP contribution is 2.67. The molecule has 0 aromatic heterocycles. The van der Waals surface area contributed by atoms with Crippen LogP contribution in [0, 0.1) is 28.6 Å². The van der Waals surface area contributed by atoms with Crippen LogP contribution in [0.3, 0.4) is 0 Å². The van der Waals surface area contributed by atoms with Crippen LogP contribution in [0.1, 0.15) is 76.3 Å². The molecule has 3 saturated carbocycles. The summed E-state index contributed by atoms with van der Waals surface area (Å²) in [7, 11) is 0. The minimum absolute atomic E-state index is 0.0864. The number of hydrogen-bond donors (Lipinski definition) is 1. The molecule has 4 aliphatic carbocycles. The topological polar surface area (TPSA) is 57.6 Å². The predicted molar refractivity (Wildman–Crippen MR) is 163 cm³/mol. The number of anilines is 1. The summed E-state index contributed by atoms with van der Waals surface area (Å²) >= 11 is 0. The van der Waals surface area contributed by atoms with Gasteiger partial charge in [0, 0.05) is 35.8 Å². The first-order valence-electron chi connectivity index (χ1n) is 15.5. The van der Waals surface area contributed by atoms with E-state index in [1.807, 2.05) is 42.5 Å². The van der Waals surface area contributed by atoms with Gasteiger partial charge >= 0.3 is 0 Å². The second kappa shape index (κ2) is 9.66. The Hall–Kier alpha value is -3.24. The standard InChI is InChI=1S/C37H41NO3/c1-35-19-16-29(39)22-27(35)13-15-30-31(35)17-20-36(2)32(30)18-21-37(36,41)34(40)23-28-14-12-26-10-6-7-11-33(26)38(28)24-25-8-4-3-5-9-25/h3-12,14,22-23,30-32,41H,13,15-21,24H2,1-2H3/b28-23+/t30-,31+,32+,35+,36+,37-/m1/s1. The van der Waals surface area contributed by atoms with Gasteiger partial charge in [0.05, 0.1) is 0 Å². The number of ketones is 2. The quantitative estimate of drug-likeness (QED) is 0.404. The average molecular weight is 548 g/mol. The Balaban J connectivity index is 1.19. The molecule has 4 nitrogen and oxygen atoms in total. The van der Waals surface area contributed by atoms with Crippen molar-refractivity contribution in [2.24, 2.45) is 28.6 Å². The summed E-state index contributed by atoms with van der Waals surface area (Å²) in [5.74, 6) is 1.49. The summed E-state index contributed by atoms with van der Waals surface area (Å²) in [6, 6.07) is 18.6. The number of aliphatic hydroxyl groups is 1. The monoisotopic (exact) mass is 547 g/mol. The molecule has 2 aromatic rings. The fourth-order valence-corrected chi connectivity index (χ4v) is 9.58. The van der Waals surface area contributed by atoms with Gasteiger partial charge < -0.3 is 10.0 Å². The number of allylic oxidation sites excluding steroid dienone is 2. The molecular formula is C37H41NO3. The summed E-state index contributed by atoms with van der Waals surface area (Å²) < 4.78 is 0. The second-order valence-corrected chi connectivity index (χ2v) is 13.7. The Labute approximate surface area is 243 Å². The maximum atomic E-state index is 14.3. The molecule has 41 heavy (non-hydrogen) atoms. The fourth-order valence-electron chi connectivity index (χ4n) is 9.58. The highest BCUT2D eigenvalue weighted by Gasteiger charge is 2.66. The van der Waals surface area contributed by atoms with E-state index in [-0.39, 0.29) is 17.0 Å². The van der Waals surface area contributed by atoms with Gasteiger partial charge in [-0.15, -0.1) is 0 Å². The number of rotatable bonds is 4. The van der Waals surface area contributed by atoms with Crippen molar-refractivity contribution < 1.29 is 14.7 Å². The van der Waals surface area contributed by atoms with Crippen LogP contribution >= 0.6 is 0 Å². The number of benzene rings is 2. The van der Waals surface area contributed by atoms with Crippen LogP contribution in [-0.4, -0.2) is 22.3 Å². The van der Waals surface area contributed by atoms with Gasteiger partial charge in [-0.1, -0.05) is 74.0 Å². The minimum Gasteiger partial charge on any atom is -0.381 e. The molecule has 0 saturated heterocycles. The first-order chi connectivity index (χ1) is 19.7. The van der Waals surface area contributed by atoms with Crippen molar-refractivity contribution in [3.63, 3.8) is 0 Å². The highest BCUT2D eigenvalue weighted by molar-refractivity contribution is 6.00. The molecule has 0 radical (unpaired) electrons. The maximum Gasteiger partial charge on any atom is 0.189 e. The van der Waals surface area contributed by atoms with E-state index in [1.54, 1.807) is 6.08 Å². The van der Waals surface area contributed by atoms with Gasteiger partial charge in [-0.2, -0.15) is 0 Å². The Morgan fingerprint density at radius 1 is 0.927 bits per heavy atom. The molecule has 0 spiro atoms. The van der Waals surface area contributed by atoms with Crippen molar-refractivity contribution in [1.29, 1.82) is 0 Å². The van der Waals surface area contributed by atoms with Crippen molar-refractivity contribution in [3.05, 3.63) is 95.2 Å². The minimum atomic E-state index is -1.36. The maximum absolute atomic E-state index is 14.3. The first-order valence-corrected chi connectivity index (χ1v) is 15.5. The Morgan fingerprint density at radius 2 is 1.68 bits per heavy atom. The van der Waals surface area contributed by atoms with Gasteiger partial charge in [0.1, 0.15) is 5.60 Å². The Bertz CT molecular complexity index is 1490. The first kappa shape index (κ1) is 26.6. The van der Waals surface area contributed by atoms with Crippen molar-refractivity contribution in [1.82, 2.24) is 0 Å². The molecule has 6 atom stereocenters. The molecular weight excluding hydrogens is 506 g/mol. The van der Waals surface area contributed by atoms with Gasteiger partial charge in [0.25, 0.3) is 0 Å². The van der Waals surface area contributed by atoms with E-state index in [0.29, 0.717) is 37.1 Å². The SMILES string of the molecule is C[C@]12CCC(=O)C=C1CC[C@@H]1[C@@H]2CC[C@@]2(C)[C@H]1CC[C@@]2(O)C(=O)/C=C1\C=Cc2ccccc2N1Cc1ccccc1. The van der Waals surface area contributed by atoms with E-state index >= 15 is 0 Å². The zero-order valence-corrected chi connectivity index (χ0v) is 24.3. The summed E-state index contributed by atoms with van der Waals surface area (Å²) in [4.78, 5) is 28.7. The van der Waals surface area contributed by atoms with Gasteiger partial charge in [0.15, 0.2) is 11.6 Å². The van der Waals surface area contributed by atoms with Crippen LogP contribution in [-0.2, 0) is 16.1 Å². The average Bonchev–Trinajstić information content (AvgIpc) is 3.26. The summed E-state index contributed by atoms with van der Waals surface area (Å²) in [5, 5.41) is 12.3. The van der Waals surface area contributed by atoms with Crippen molar-refractivity contribution in [3.8, 4) is 0 Å². The molecule has 1 heterocycles. The second-order valence-electron chi connectivity index (χ2n) is 13.7. The van der Waals surface area contributed by atoms with E-state index in [2.05, 4.69) is 49.1 Å². The van der Waals surface area contributed by atoms with Crippen molar-refractivity contribution in [2.45, 2.75) is 77.4 Å². The number of nitrogens with zero attached hydrogens (tertiary/aromatic N) is 1. The van der Waals surface area contributed by atoms with Gasteiger partial charge in [-0.3, -0.25) is 9.59 Å². The van der Waals surface area contributed by atoms with Crippen LogP contribution in [0.15, 0.2) is 84.1 Å². The largest absolute Gasteiger partial charge is 0.381 e. The third-order valence-electron chi connectivity index (χ3n) is 12.0. The van der Waals surface area contributed by atoms with Crippen LogP contribution in [0.4, 0.5) is 5.69 Å². The number of fused-ring (bicyclic) bond motifs is 6. The molecule has 3 fully saturated rings. The van der Waals surface area contributed by atoms with Crippen LogP contribution < -0.4 is 4.90 Å². The fraction of sp³-hybridized carbons (Fsp3) is 0.459. The van der Waals surface area contributed by atoms with E-state index in [4.69, 9.17) is 0 Å². The van der Waals surface area contributed by atoms with Crippen molar-refractivity contribution in [2.75, 3.05) is 4.90 Å².